The second kappa shape index (κ2) is 15.1. The summed E-state index contributed by atoms with van der Waals surface area (Å²) >= 11 is 0. The summed E-state index contributed by atoms with van der Waals surface area (Å²) < 4.78 is 0. The third kappa shape index (κ3) is 7.34. The molecule has 0 atom stereocenters. The molecule has 0 spiro atoms. The van der Waals surface area contributed by atoms with Crippen LogP contribution < -0.4 is 16.4 Å². The molecule has 0 bridgehead atoms. The number of nitrogens with zero attached hydrogens (tertiary/aromatic N) is 2. The van der Waals surface area contributed by atoms with E-state index in [1.165, 1.54) is 81.9 Å². The highest BCUT2D eigenvalue weighted by molar-refractivity contribution is 6.75. The Balaban J connectivity index is 1.15. The Bertz CT molecular complexity index is 2390. The molecule has 6 aromatic rings. The second-order valence-corrected chi connectivity index (χ2v) is 16.2. The van der Waals surface area contributed by atoms with Crippen molar-refractivity contribution < 1.29 is 0 Å². The van der Waals surface area contributed by atoms with Crippen LogP contribution in [0.2, 0.25) is 38.9 Å². The average Bonchev–Trinajstić information content (AvgIpc) is 4.05. The van der Waals surface area contributed by atoms with Crippen molar-refractivity contribution in [3.05, 3.63) is 144 Å². The van der Waals surface area contributed by atoms with Gasteiger partial charge in [0.15, 0.2) is 25.8 Å². The first-order valence-corrected chi connectivity index (χ1v) is 19.8. The number of rotatable bonds is 10. The summed E-state index contributed by atoms with van der Waals surface area (Å²) in [5.74, 6) is 1.51. The molecule has 0 N–H and O–H groups in total. The van der Waals surface area contributed by atoms with Crippen molar-refractivity contribution in [1.82, 2.24) is 0 Å². The molecule has 2 aliphatic carbocycles. The molecule has 0 heterocycles. The molecule has 0 saturated heterocycles. The lowest BCUT2D eigenvalue weighted by Crippen LogP contribution is -2.34. The fourth-order valence-corrected chi connectivity index (χ4v) is 8.30. The van der Waals surface area contributed by atoms with E-state index in [0.29, 0.717) is 31.6 Å². The van der Waals surface area contributed by atoms with Gasteiger partial charge in [-0.25, -0.2) is 4.85 Å². The highest BCUT2D eigenvalue weighted by Gasteiger charge is 2.33. The normalized spacial score (nSPS) is 13.7. The van der Waals surface area contributed by atoms with E-state index < -0.39 is 0 Å². The maximum absolute atomic E-state index is 9.83. The summed E-state index contributed by atoms with van der Waals surface area (Å²) in [5.41, 5.74) is 16.9. The highest BCUT2D eigenvalue weighted by atomic mass is 14.6. The van der Waals surface area contributed by atoms with E-state index in [0.717, 1.165) is 33.6 Å². The van der Waals surface area contributed by atoms with Gasteiger partial charge < -0.3 is 0 Å². The van der Waals surface area contributed by atoms with Gasteiger partial charge in [0, 0.05) is 5.56 Å². The molecule has 0 radical (unpaired) electrons. The molecule has 0 unspecified atom stereocenters. The maximum Gasteiger partial charge on any atom is 0.187 e. The maximum atomic E-state index is 9.83. The van der Waals surface area contributed by atoms with Gasteiger partial charge in [-0.05, 0) is 86.0 Å². The van der Waals surface area contributed by atoms with Gasteiger partial charge in [-0.2, -0.15) is 5.26 Å². The zero-order valence-electron chi connectivity index (χ0n) is 31.9. The predicted octanol–water partition coefficient (Wildman–Crippen LogP) is 11.8. The van der Waals surface area contributed by atoms with Crippen molar-refractivity contribution >= 4 is 42.2 Å². The van der Waals surface area contributed by atoms with Crippen LogP contribution in [0, 0.1) is 17.9 Å². The third-order valence-corrected chi connectivity index (χ3v) is 12.4. The second-order valence-electron chi connectivity index (χ2n) is 16.2. The van der Waals surface area contributed by atoms with Crippen LogP contribution in [0.1, 0.15) is 37.7 Å². The van der Waals surface area contributed by atoms with Gasteiger partial charge in [-0.3, -0.25) is 0 Å². The van der Waals surface area contributed by atoms with E-state index in [-0.39, 0.29) is 0 Å². The van der Waals surface area contributed by atoms with Crippen LogP contribution in [0.15, 0.2) is 127 Å². The lowest BCUT2D eigenvalue weighted by molar-refractivity contribution is 0.496. The van der Waals surface area contributed by atoms with Crippen LogP contribution in [0.3, 0.4) is 0 Å². The van der Waals surface area contributed by atoms with Gasteiger partial charge in [0.05, 0.1) is 12.6 Å². The van der Waals surface area contributed by atoms with Crippen LogP contribution in [0.4, 0.5) is 5.69 Å². The summed E-state index contributed by atoms with van der Waals surface area (Å²) in [5, 5.41) is 9.83. The standard InChI is InChI=1S/C49H45B3N2/c1-50(2)47-28-43(29-48(31-47)54-5)36-15-13-35(14-16-36)41-25-40(26-42(27-41)37-19-21-45(22-20-37)51(3)44-7-6-8-44)34-11-9-33(10-12-34)38-17-18-39(32-53)49(30-38)52(4)46-23-24-46/h9-22,25-31,44,46H,6-8,23-24H2,1-4H3. The number of hydrogen-bond donors (Lipinski definition) is 0. The zero-order chi connectivity index (χ0) is 37.3. The van der Waals surface area contributed by atoms with Crippen molar-refractivity contribution in [1.29, 1.82) is 5.26 Å². The minimum Gasteiger partial charge on any atom is -0.238 e. The molecule has 260 valence electrons. The molecule has 0 amide bonds. The molecule has 6 aromatic carbocycles. The lowest BCUT2D eigenvalue weighted by Gasteiger charge is -2.29. The van der Waals surface area contributed by atoms with E-state index in [1.807, 2.05) is 18.2 Å². The molecule has 5 heteroatoms. The monoisotopic (exact) mass is 694 g/mol. The van der Waals surface area contributed by atoms with Gasteiger partial charge in [0.1, 0.15) is 0 Å². The Morgan fingerprint density at radius 2 is 0.963 bits per heavy atom. The van der Waals surface area contributed by atoms with Gasteiger partial charge >= 0.3 is 0 Å². The average molecular weight is 694 g/mol. The SMILES string of the molecule is [C-]#[N+]c1cc(B(C)C)cc(-c2ccc(-c3cc(-c4ccc(B(C)C5CCC5)cc4)cc(-c4ccc(-c5ccc(C#N)c(B(C)C6CC6)c5)cc4)c3)cc2)c1. The molecular formula is C49H45B3N2. The summed E-state index contributed by atoms with van der Waals surface area (Å²) in [6.45, 7) is 18.0. The molecule has 2 aliphatic rings. The van der Waals surface area contributed by atoms with Crippen molar-refractivity contribution in [3.8, 4) is 61.7 Å². The Labute approximate surface area is 323 Å². The van der Waals surface area contributed by atoms with E-state index in [9.17, 15) is 5.26 Å². The first kappa shape index (κ1) is 35.5. The van der Waals surface area contributed by atoms with Crippen molar-refractivity contribution in [2.45, 2.75) is 71.0 Å². The van der Waals surface area contributed by atoms with E-state index in [4.69, 9.17) is 6.57 Å². The fourth-order valence-electron chi connectivity index (χ4n) is 8.30. The van der Waals surface area contributed by atoms with E-state index in [2.05, 4.69) is 147 Å². The molecule has 8 rings (SSSR count). The fraction of sp³-hybridized carbons (Fsp3) is 0.224. The number of hydrogen-bond acceptors (Lipinski definition) is 1. The van der Waals surface area contributed by atoms with Crippen LogP contribution in [-0.4, -0.2) is 20.1 Å². The minimum absolute atomic E-state index is 0.355. The molecular weight excluding hydrogens is 649 g/mol. The molecule has 2 fully saturated rings. The Kier molecular flexibility index (Phi) is 9.92. The smallest absolute Gasteiger partial charge is 0.187 e. The first-order chi connectivity index (χ1) is 26.3. The Morgan fingerprint density at radius 3 is 1.41 bits per heavy atom. The van der Waals surface area contributed by atoms with Crippen molar-refractivity contribution in [2.75, 3.05) is 0 Å². The molecule has 0 aliphatic heterocycles. The summed E-state index contributed by atoms with van der Waals surface area (Å²) in [7, 11) is 0. The van der Waals surface area contributed by atoms with Crippen molar-refractivity contribution in [3.63, 3.8) is 0 Å². The Hall–Kier alpha value is -5.51. The van der Waals surface area contributed by atoms with Crippen LogP contribution >= 0.6 is 0 Å². The topological polar surface area (TPSA) is 28.1 Å². The van der Waals surface area contributed by atoms with E-state index >= 15 is 0 Å². The molecule has 0 aromatic heterocycles. The van der Waals surface area contributed by atoms with E-state index in [1.54, 1.807) is 0 Å². The van der Waals surface area contributed by atoms with Gasteiger partial charge in [-0.15, -0.1) is 0 Å². The Morgan fingerprint density at radius 1 is 0.500 bits per heavy atom. The summed E-state index contributed by atoms with van der Waals surface area (Å²) in [6.07, 6.45) is 6.58. The third-order valence-electron chi connectivity index (χ3n) is 12.4. The van der Waals surface area contributed by atoms with Gasteiger partial charge in [0.25, 0.3) is 0 Å². The first-order valence-electron chi connectivity index (χ1n) is 19.8. The quantitative estimate of drug-likeness (QED) is 0.104. The minimum atomic E-state index is 0.355. The molecule has 2 nitrogen and oxygen atoms in total. The van der Waals surface area contributed by atoms with Crippen LogP contribution in [0.5, 0.6) is 0 Å². The zero-order valence-corrected chi connectivity index (χ0v) is 31.9. The number of benzene rings is 6. The molecule has 2 saturated carbocycles. The van der Waals surface area contributed by atoms with Crippen LogP contribution in [0.25, 0.3) is 60.5 Å². The van der Waals surface area contributed by atoms with Gasteiger partial charge in [0.2, 0.25) is 0 Å². The van der Waals surface area contributed by atoms with Crippen LogP contribution in [-0.2, 0) is 0 Å². The summed E-state index contributed by atoms with van der Waals surface area (Å²) in [4.78, 5) is 3.76. The lowest BCUT2D eigenvalue weighted by atomic mass is 9.35. The summed E-state index contributed by atoms with van der Waals surface area (Å²) in [6, 6.07) is 49.0. The largest absolute Gasteiger partial charge is 0.238 e. The molecule has 54 heavy (non-hydrogen) atoms. The van der Waals surface area contributed by atoms with Gasteiger partial charge in [-0.1, -0.05) is 184 Å². The predicted molar refractivity (Wildman–Crippen MR) is 235 cm³/mol. The number of nitriles is 1. The van der Waals surface area contributed by atoms with Crippen molar-refractivity contribution in [2.24, 2.45) is 0 Å². The highest BCUT2D eigenvalue weighted by Crippen LogP contribution is 2.40.